The first kappa shape index (κ1) is 16.7. The number of anilines is 1. The molecule has 7 nitrogen and oxygen atoms in total. The third-order valence-electron chi connectivity index (χ3n) is 6.07. The lowest BCUT2D eigenvalue weighted by molar-refractivity contribution is -0.142. The number of nitrogens with zero attached hydrogens (tertiary/aromatic N) is 4. The number of fused-ring (bicyclic) bond motifs is 2. The van der Waals surface area contributed by atoms with Gasteiger partial charge in [0.25, 0.3) is 0 Å². The summed E-state index contributed by atoms with van der Waals surface area (Å²) in [6.07, 6.45) is 7.18. The number of nitrogens with two attached hydrogens (primary N) is 1. The van der Waals surface area contributed by atoms with Crippen molar-refractivity contribution in [3.8, 4) is 0 Å². The highest BCUT2D eigenvalue weighted by Crippen LogP contribution is 2.40. The molecule has 4 rings (SSSR count). The van der Waals surface area contributed by atoms with E-state index in [9.17, 15) is 4.79 Å². The molecule has 2 N–H and O–H groups in total. The molecule has 1 unspecified atom stereocenters. The lowest BCUT2D eigenvalue weighted by Crippen LogP contribution is -2.49. The van der Waals surface area contributed by atoms with E-state index < -0.39 is 5.60 Å². The van der Waals surface area contributed by atoms with Gasteiger partial charge in [-0.25, -0.2) is 9.97 Å². The Labute approximate surface area is 148 Å². The number of ether oxygens (including phenoxy) is 1. The Balaban J connectivity index is 1.43. The Morgan fingerprint density at radius 3 is 2.92 bits per heavy atom. The highest BCUT2D eigenvalue weighted by molar-refractivity contribution is 5.77. The van der Waals surface area contributed by atoms with Gasteiger partial charge in [-0.3, -0.25) is 4.79 Å². The molecule has 1 aromatic rings. The fourth-order valence-electron chi connectivity index (χ4n) is 4.49. The molecule has 0 bridgehead atoms. The van der Waals surface area contributed by atoms with Gasteiger partial charge in [-0.2, -0.15) is 0 Å². The zero-order chi connectivity index (χ0) is 17.4. The zero-order valence-corrected chi connectivity index (χ0v) is 14.9. The molecule has 1 amide bonds. The molecule has 1 spiro atoms. The molecule has 4 heterocycles. The highest BCUT2D eigenvalue weighted by atomic mass is 16.5. The maximum absolute atomic E-state index is 12.7. The number of likely N-dealkylation sites (tertiary alicyclic amines) is 2. The van der Waals surface area contributed by atoms with Crippen molar-refractivity contribution in [3.63, 3.8) is 0 Å². The van der Waals surface area contributed by atoms with Gasteiger partial charge in [0.15, 0.2) is 0 Å². The molecule has 3 aliphatic rings. The van der Waals surface area contributed by atoms with Crippen LogP contribution < -0.4 is 5.73 Å². The number of nitrogen functional groups attached to an aromatic ring is 1. The van der Waals surface area contributed by atoms with Crippen molar-refractivity contribution in [2.45, 2.75) is 50.2 Å². The molecule has 0 saturated carbocycles. The van der Waals surface area contributed by atoms with Gasteiger partial charge in [0, 0.05) is 31.7 Å². The lowest BCUT2D eigenvalue weighted by atomic mass is 9.83. The van der Waals surface area contributed by atoms with E-state index in [0.717, 1.165) is 56.6 Å². The van der Waals surface area contributed by atoms with Crippen LogP contribution in [0.3, 0.4) is 0 Å². The Kier molecular flexibility index (Phi) is 4.37. The van der Waals surface area contributed by atoms with Crippen LogP contribution in [0.25, 0.3) is 0 Å². The summed E-state index contributed by atoms with van der Waals surface area (Å²) in [6, 6.07) is 0.405. The van der Waals surface area contributed by atoms with Crippen LogP contribution in [0.4, 0.5) is 5.95 Å². The zero-order valence-electron chi connectivity index (χ0n) is 14.9. The molecular weight excluding hydrogens is 318 g/mol. The van der Waals surface area contributed by atoms with Gasteiger partial charge in [-0.1, -0.05) is 0 Å². The van der Waals surface area contributed by atoms with Gasteiger partial charge >= 0.3 is 0 Å². The van der Waals surface area contributed by atoms with Crippen LogP contribution in [0.2, 0.25) is 0 Å². The summed E-state index contributed by atoms with van der Waals surface area (Å²) < 4.78 is 6.17. The van der Waals surface area contributed by atoms with Gasteiger partial charge in [-0.15, -0.1) is 0 Å². The van der Waals surface area contributed by atoms with Crippen LogP contribution in [-0.4, -0.2) is 65.0 Å². The number of amides is 1. The van der Waals surface area contributed by atoms with Crippen molar-refractivity contribution in [1.82, 2.24) is 19.8 Å². The summed E-state index contributed by atoms with van der Waals surface area (Å²) in [7, 11) is 2.12. The maximum Gasteiger partial charge on any atom is 0.224 e. The Bertz CT molecular complexity index is 657. The van der Waals surface area contributed by atoms with Gasteiger partial charge in [0.2, 0.25) is 11.9 Å². The van der Waals surface area contributed by atoms with Crippen LogP contribution in [0.15, 0.2) is 6.20 Å². The quantitative estimate of drug-likeness (QED) is 0.858. The largest absolute Gasteiger partial charge is 0.368 e. The van der Waals surface area contributed by atoms with Crippen LogP contribution in [0, 0.1) is 0 Å². The molecule has 7 heteroatoms. The van der Waals surface area contributed by atoms with Crippen molar-refractivity contribution in [2.24, 2.45) is 0 Å². The highest BCUT2D eigenvalue weighted by Gasteiger charge is 2.43. The van der Waals surface area contributed by atoms with Gasteiger partial charge < -0.3 is 20.3 Å². The second-order valence-corrected chi connectivity index (χ2v) is 7.56. The molecule has 136 valence electrons. The first-order chi connectivity index (χ1) is 12.1. The number of carbonyl (C=O) groups is 1. The summed E-state index contributed by atoms with van der Waals surface area (Å²) >= 11 is 0. The lowest BCUT2D eigenvalue weighted by Gasteiger charge is -2.44. The Hall–Kier alpha value is -1.73. The Morgan fingerprint density at radius 1 is 1.40 bits per heavy atom. The van der Waals surface area contributed by atoms with Gasteiger partial charge in [0.1, 0.15) is 5.60 Å². The standard InChI is InChI=1S/C18H27N5O2/c1-22-7-2-3-14(22)11-15(24)23-8-5-18(6-9-23)16-13(4-10-25-18)12-20-17(19)21-16/h12,14H,2-11H2,1H3,(H2,19,20,21). The summed E-state index contributed by atoms with van der Waals surface area (Å²) in [5.41, 5.74) is 7.48. The first-order valence-electron chi connectivity index (χ1n) is 9.31. The van der Waals surface area contributed by atoms with Crippen molar-refractivity contribution in [2.75, 3.05) is 39.0 Å². The minimum absolute atomic E-state index is 0.270. The third kappa shape index (κ3) is 3.11. The predicted octanol–water partition coefficient (Wildman–Crippen LogP) is 0.934. The molecule has 1 aromatic heterocycles. The van der Waals surface area contributed by atoms with E-state index >= 15 is 0 Å². The van der Waals surface area contributed by atoms with Crippen LogP contribution >= 0.6 is 0 Å². The van der Waals surface area contributed by atoms with E-state index in [-0.39, 0.29) is 5.91 Å². The summed E-state index contributed by atoms with van der Waals surface area (Å²) in [6.45, 7) is 3.23. The van der Waals surface area contributed by atoms with Crippen LogP contribution in [0.1, 0.15) is 43.4 Å². The molecule has 2 saturated heterocycles. The van der Waals surface area contributed by atoms with E-state index in [4.69, 9.17) is 10.5 Å². The fourth-order valence-corrected chi connectivity index (χ4v) is 4.49. The fraction of sp³-hybridized carbons (Fsp3) is 0.722. The van der Waals surface area contributed by atoms with E-state index in [1.807, 2.05) is 11.1 Å². The molecule has 0 aliphatic carbocycles. The number of piperidine rings is 1. The van der Waals surface area contributed by atoms with Crippen LogP contribution in [-0.2, 0) is 21.6 Å². The predicted molar refractivity (Wildman–Crippen MR) is 93.9 cm³/mol. The maximum atomic E-state index is 12.7. The van der Waals surface area contributed by atoms with Crippen LogP contribution in [0.5, 0.6) is 0 Å². The summed E-state index contributed by atoms with van der Waals surface area (Å²) in [5, 5.41) is 0. The number of aromatic nitrogens is 2. The Morgan fingerprint density at radius 2 is 2.20 bits per heavy atom. The molecule has 2 fully saturated rings. The van der Waals surface area contributed by atoms with E-state index in [0.29, 0.717) is 25.0 Å². The number of hydrogen-bond donors (Lipinski definition) is 1. The molecule has 0 radical (unpaired) electrons. The molecule has 0 aromatic carbocycles. The minimum Gasteiger partial charge on any atom is -0.368 e. The van der Waals surface area contributed by atoms with E-state index in [2.05, 4.69) is 21.9 Å². The van der Waals surface area contributed by atoms with E-state index in [1.54, 1.807) is 0 Å². The average Bonchev–Trinajstić information content (AvgIpc) is 3.01. The molecule has 3 aliphatic heterocycles. The monoisotopic (exact) mass is 345 g/mol. The summed E-state index contributed by atoms with van der Waals surface area (Å²) in [5.74, 6) is 0.568. The van der Waals surface area contributed by atoms with Crippen molar-refractivity contribution < 1.29 is 9.53 Å². The molecule has 25 heavy (non-hydrogen) atoms. The smallest absolute Gasteiger partial charge is 0.224 e. The third-order valence-corrected chi connectivity index (χ3v) is 6.07. The van der Waals surface area contributed by atoms with Gasteiger partial charge in [0.05, 0.1) is 12.3 Å². The van der Waals surface area contributed by atoms with Crippen molar-refractivity contribution in [3.05, 3.63) is 17.5 Å². The number of carbonyl (C=O) groups excluding carboxylic acids is 1. The molecular formula is C18H27N5O2. The van der Waals surface area contributed by atoms with Crippen molar-refractivity contribution in [1.29, 1.82) is 0 Å². The molecule has 1 atom stereocenters. The average molecular weight is 345 g/mol. The number of hydrogen-bond acceptors (Lipinski definition) is 6. The summed E-state index contributed by atoms with van der Waals surface area (Å²) in [4.78, 5) is 25.6. The topological polar surface area (TPSA) is 84.6 Å². The normalized spacial score (nSPS) is 26.0. The SMILES string of the molecule is CN1CCCC1CC(=O)N1CCC2(CC1)OCCc1cnc(N)nc12. The number of rotatable bonds is 2. The second-order valence-electron chi connectivity index (χ2n) is 7.56. The minimum atomic E-state index is -0.397. The van der Waals surface area contributed by atoms with Gasteiger partial charge in [-0.05, 0) is 51.3 Å². The van der Waals surface area contributed by atoms with Crippen molar-refractivity contribution >= 4 is 11.9 Å². The van der Waals surface area contributed by atoms with E-state index in [1.165, 1.54) is 6.42 Å². The first-order valence-corrected chi connectivity index (χ1v) is 9.31. The second kappa shape index (κ2) is 6.53.